The maximum atomic E-state index is 12.6. The van der Waals surface area contributed by atoms with Crippen LogP contribution in [0.4, 0.5) is 10.9 Å². The number of rotatable bonds is 4. The largest absolute Gasteiger partial charge is 0.490 e. The number of nitrogen functional groups attached to an aromatic ring is 1. The smallest absolute Gasteiger partial charge is 0.283 e. The summed E-state index contributed by atoms with van der Waals surface area (Å²) < 4.78 is 6.87. The lowest BCUT2D eigenvalue weighted by Gasteiger charge is -2.29. The molecular formula is C20H23N5O3S. The summed E-state index contributed by atoms with van der Waals surface area (Å²) in [6.45, 7) is 6.32. The van der Waals surface area contributed by atoms with Crippen LogP contribution in [0, 0.1) is 5.92 Å². The van der Waals surface area contributed by atoms with Crippen molar-refractivity contribution in [3.63, 3.8) is 0 Å². The van der Waals surface area contributed by atoms with E-state index >= 15 is 0 Å². The molecule has 1 saturated heterocycles. The molecule has 9 heteroatoms. The molecule has 2 aliphatic rings. The van der Waals surface area contributed by atoms with Gasteiger partial charge < -0.3 is 15.4 Å². The zero-order chi connectivity index (χ0) is 20.5. The van der Waals surface area contributed by atoms with Crippen molar-refractivity contribution in [2.24, 2.45) is 5.92 Å². The van der Waals surface area contributed by atoms with Gasteiger partial charge >= 0.3 is 0 Å². The number of aromatic nitrogens is 3. The van der Waals surface area contributed by atoms with Crippen LogP contribution in [-0.2, 0) is 9.53 Å². The Balaban J connectivity index is 1.71. The van der Waals surface area contributed by atoms with Crippen molar-refractivity contribution in [2.45, 2.75) is 26.7 Å². The Labute approximate surface area is 172 Å². The second-order valence-corrected chi connectivity index (χ2v) is 8.18. The molecule has 2 aromatic heterocycles. The lowest BCUT2D eigenvalue weighted by molar-refractivity contribution is -0.114. The highest BCUT2D eigenvalue weighted by Gasteiger charge is 2.21. The van der Waals surface area contributed by atoms with Crippen molar-refractivity contribution in [1.82, 2.24) is 14.6 Å². The van der Waals surface area contributed by atoms with Gasteiger partial charge in [0, 0.05) is 13.1 Å². The number of nitrogens with zero attached hydrogens (tertiary/aromatic N) is 4. The SMILES string of the molecule is CCOC1=CC(=Cc2c(N)n3nc(N4CCC(C)CC4)sc3nc2=O)C=CC1=O. The summed E-state index contributed by atoms with van der Waals surface area (Å²) in [5, 5.41) is 5.43. The van der Waals surface area contributed by atoms with Gasteiger partial charge in [0.05, 0.1) is 12.2 Å². The van der Waals surface area contributed by atoms with Crippen LogP contribution in [0.2, 0.25) is 0 Å². The van der Waals surface area contributed by atoms with Crippen LogP contribution in [0.3, 0.4) is 0 Å². The van der Waals surface area contributed by atoms with Gasteiger partial charge in [-0.1, -0.05) is 24.3 Å². The monoisotopic (exact) mass is 413 g/mol. The molecule has 3 heterocycles. The van der Waals surface area contributed by atoms with Crippen molar-refractivity contribution in [3.05, 3.63) is 45.5 Å². The molecule has 1 aliphatic heterocycles. The molecule has 0 saturated carbocycles. The van der Waals surface area contributed by atoms with Gasteiger partial charge in [0.25, 0.3) is 5.56 Å². The van der Waals surface area contributed by atoms with Crippen molar-refractivity contribution < 1.29 is 9.53 Å². The average Bonchev–Trinajstić information content (AvgIpc) is 3.12. The van der Waals surface area contributed by atoms with Crippen LogP contribution < -0.4 is 16.2 Å². The van der Waals surface area contributed by atoms with E-state index < -0.39 is 5.56 Å². The van der Waals surface area contributed by atoms with E-state index in [1.807, 2.05) is 0 Å². The predicted molar refractivity (Wildman–Crippen MR) is 114 cm³/mol. The predicted octanol–water partition coefficient (Wildman–Crippen LogP) is 2.41. The molecule has 2 aromatic rings. The van der Waals surface area contributed by atoms with E-state index in [0.29, 0.717) is 23.1 Å². The first kappa shape index (κ1) is 19.4. The standard InChI is InChI=1S/C20H23N5O3S/c1-3-28-16-11-13(4-5-15(16)26)10-14-17(21)25-19(22-18(14)27)29-20(23-25)24-8-6-12(2)7-9-24/h4-5,10-12H,3,6-9,21H2,1-2H3. The van der Waals surface area contributed by atoms with Gasteiger partial charge in [0.15, 0.2) is 5.76 Å². The second-order valence-electron chi connectivity index (χ2n) is 7.25. The average molecular weight is 414 g/mol. The fourth-order valence-corrected chi connectivity index (χ4v) is 4.34. The third kappa shape index (κ3) is 3.82. The molecule has 0 amide bonds. The van der Waals surface area contributed by atoms with Gasteiger partial charge in [0.1, 0.15) is 5.82 Å². The number of fused-ring (bicyclic) bond motifs is 1. The lowest BCUT2D eigenvalue weighted by atomic mass is 10.00. The van der Waals surface area contributed by atoms with E-state index in [1.165, 1.54) is 21.9 Å². The van der Waals surface area contributed by atoms with Crippen molar-refractivity contribution in [2.75, 3.05) is 30.3 Å². The Morgan fingerprint density at radius 3 is 2.79 bits per heavy atom. The number of carbonyl (C=O) groups excluding carboxylic acids is 1. The number of allylic oxidation sites excluding steroid dienone is 4. The zero-order valence-electron chi connectivity index (χ0n) is 16.4. The normalized spacial score (nSPS) is 19.2. The molecular weight excluding hydrogens is 390 g/mol. The number of nitrogens with two attached hydrogens (primary N) is 1. The van der Waals surface area contributed by atoms with Gasteiger partial charge in [0.2, 0.25) is 15.9 Å². The molecule has 4 rings (SSSR count). The first-order valence-electron chi connectivity index (χ1n) is 9.69. The van der Waals surface area contributed by atoms with Crippen LogP contribution in [0.25, 0.3) is 11.0 Å². The Hall–Kier alpha value is -2.94. The summed E-state index contributed by atoms with van der Waals surface area (Å²) in [4.78, 5) is 31.3. The third-order valence-corrected chi connectivity index (χ3v) is 6.08. The van der Waals surface area contributed by atoms with E-state index in [2.05, 4.69) is 21.9 Å². The maximum Gasteiger partial charge on any atom is 0.283 e. The number of ether oxygens (including phenoxy) is 1. The summed E-state index contributed by atoms with van der Waals surface area (Å²) in [6.07, 6.45) is 8.48. The molecule has 152 valence electrons. The number of carbonyl (C=O) groups is 1. The van der Waals surface area contributed by atoms with E-state index in [4.69, 9.17) is 10.5 Å². The summed E-state index contributed by atoms with van der Waals surface area (Å²) in [7, 11) is 0. The highest BCUT2D eigenvalue weighted by atomic mass is 32.1. The van der Waals surface area contributed by atoms with Gasteiger partial charge in [-0.2, -0.15) is 9.50 Å². The molecule has 0 spiro atoms. The Bertz CT molecular complexity index is 1100. The molecule has 29 heavy (non-hydrogen) atoms. The summed E-state index contributed by atoms with van der Waals surface area (Å²) in [6, 6.07) is 0. The number of piperidine rings is 1. The fraction of sp³-hybridized carbons (Fsp3) is 0.400. The molecule has 1 fully saturated rings. The Morgan fingerprint density at radius 2 is 2.07 bits per heavy atom. The number of ketones is 1. The fourth-order valence-electron chi connectivity index (χ4n) is 3.38. The van der Waals surface area contributed by atoms with Crippen molar-refractivity contribution in [3.8, 4) is 0 Å². The molecule has 0 bridgehead atoms. The minimum Gasteiger partial charge on any atom is -0.490 e. The maximum absolute atomic E-state index is 12.6. The Kier molecular flexibility index (Phi) is 5.23. The molecule has 0 atom stereocenters. The molecule has 0 aromatic carbocycles. The highest BCUT2D eigenvalue weighted by molar-refractivity contribution is 7.20. The first-order chi connectivity index (χ1) is 14.0. The third-order valence-electron chi connectivity index (χ3n) is 5.11. The molecule has 8 nitrogen and oxygen atoms in total. The van der Waals surface area contributed by atoms with E-state index in [9.17, 15) is 9.59 Å². The number of anilines is 2. The van der Waals surface area contributed by atoms with Crippen LogP contribution >= 0.6 is 11.3 Å². The molecule has 0 radical (unpaired) electrons. The van der Waals surface area contributed by atoms with Crippen LogP contribution in [-0.4, -0.2) is 40.1 Å². The van der Waals surface area contributed by atoms with Crippen LogP contribution in [0.15, 0.2) is 34.4 Å². The van der Waals surface area contributed by atoms with Gasteiger partial charge in [-0.05, 0) is 49.5 Å². The summed E-state index contributed by atoms with van der Waals surface area (Å²) >= 11 is 1.37. The topological polar surface area (TPSA) is 103 Å². The van der Waals surface area contributed by atoms with Crippen LogP contribution in [0.5, 0.6) is 0 Å². The van der Waals surface area contributed by atoms with Gasteiger partial charge in [-0.3, -0.25) is 9.59 Å². The quantitative estimate of drug-likeness (QED) is 0.821. The first-order valence-corrected chi connectivity index (χ1v) is 10.5. The molecule has 2 N–H and O–H groups in total. The van der Waals surface area contributed by atoms with Crippen LogP contribution in [0.1, 0.15) is 32.3 Å². The second kappa shape index (κ2) is 7.82. The minimum atomic E-state index is -0.422. The molecule has 0 unspecified atom stereocenters. The number of hydrogen-bond acceptors (Lipinski definition) is 8. The lowest BCUT2D eigenvalue weighted by Crippen LogP contribution is -2.32. The highest BCUT2D eigenvalue weighted by Crippen LogP contribution is 2.28. The minimum absolute atomic E-state index is 0.206. The van der Waals surface area contributed by atoms with E-state index in [-0.39, 0.29) is 22.9 Å². The number of hydrogen-bond donors (Lipinski definition) is 1. The Morgan fingerprint density at radius 1 is 1.31 bits per heavy atom. The summed E-state index contributed by atoms with van der Waals surface area (Å²) in [5.41, 5.74) is 6.74. The van der Waals surface area contributed by atoms with Gasteiger partial charge in [-0.15, -0.1) is 5.10 Å². The molecule has 1 aliphatic carbocycles. The van der Waals surface area contributed by atoms with E-state index in [0.717, 1.165) is 31.1 Å². The zero-order valence-corrected chi connectivity index (χ0v) is 17.2. The summed E-state index contributed by atoms with van der Waals surface area (Å²) in [5.74, 6) is 0.983. The van der Waals surface area contributed by atoms with E-state index in [1.54, 1.807) is 25.2 Å². The van der Waals surface area contributed by atoms with Crippen molar-refractivity contribution >= 4 is 39.1 Å². The van der Waals surface area contributed by atoms with Crippen molar-refractivity contribution in [1.29, 1.82) is 0 Å². The van der Waals surface area contributed by atoms with Gasteiger partial charge in [-0.25, -0.2) is 0 Å².